The van der Waals surface area contributed by atoms with Crippen LogP contribution in [-0.4, -0.2) is 44.3 Å². The standard InChI is InChI=1S/C28H30Cl3N3O4S/c1-3-15-32-28(36)26(4-2)33(18-20-13-14-22(30)17-25(20)31)27(35)19-34(23-10-8-9-21(29)16-23)39(37,38)24-11-6-5-7-12-24/h5-14,16-17,26H,3-4,15,18-19H2,1-2H3,(H,32,36)/t26-/m0/s1. The van der Waals surface area contributed by atoms with E-state index in [1.54, 1.807) is 61.5 Å². The van der Waals surface area contributed by atoms with Gasteiger partial charge in [-0.3, -0.25) is 13.9 Å². The summed E-state index contributed by atoms with van der Waals surface area (Å²) >= 11 is 18.7. The van der Waals surface area contributed by atoms with Crippen molar-refractivity contribution in [3.8, 4) is 0 Å². The van der Waals surface area contributed by atoms with E-state index >= 15 is 0 Å². The molecule has 0 bridgehead atoms. The Morgan fingerprint density at radius 3 is 2.21 bits per heavy atom. The third-order valence-electron chi connectivity index (χ3n) is 6.00. The van der Waals surface area contributed by atoms with Crippen molar-refractivity contribution in [1.29, 1.82) is 0 Å². The molecule has 0 heterocycles. The van der Waals surface area contributed by atoms with E-state index in [4.69, 9.17) is 34.8 Å². The predicted octanol–water partition coefficient (Wildman–Crippen LogP) is 6.18. The number of anilines is 1. The first-order chi connectivity index (χ1) is 18.6. The molecule has 1 N–H and O–H groups in total. The van der Waals surface area contributed by atoms with Gasteiger partial charge in [-0.05, 0) is 60.9 Å². The second-order valence-electron chi connectivity index (χ2n) is 8.78. The van der Waals surface area contributed by atoms with Crippen LogP contribution in [0.1, 0.15) is 32.3 Å². The lowest BCUT2D eigenvalue weighted by Gasteiger charge is -2.33. The highest BCUT2D eigenvalue weighted by Gasteiger charge is 2.34. The molecule has 0 aliphatic carbocycles. The fourth-order valence-corrected chi connectivity index (χ4v) is 6.08. The lowest BCUT2D eigenvalue weighted by Crippen LogP contribution is -2.52. The zero-order valence-electron chi connectivity index (χ0n) is 21.6. The van der Waals surface area contributed by atoms with E-state index in [1.165, 1.54) is 23.1 Å². The largest absolute Gasteiger partial charge is 0.354 e. The monoisotopic (exact) mass is 609 g/mol. The number of carbonyl (C=O) groups excluding carboxylic acids is 2. The maximum absolute atomic E-state index is 14.0. The fourth-order valence-electron chi connectivity index (χ4n) is 4.00. The van der Waals surface area contributed by atoms with E-state index in [0.717, 1.165) is 10.7 Å². The van der Waals surface area contributed by atoms with Gasteiger partial charge in [-0.25, -0.2) is 8.42 Å². The fraction of sp³-hybridized carbons (Fsp3) is 0.286. The van der Waals surface area contributed by atoms with Gasteiger partial charge in [0.15, 0.2) is 0 Å². The van der Waals surface area contributed by atoms with Crippen molar-refractivity contribution in [2.24, 2.45) is 0 Å². The third kappa shape index (κ3) is 7.88. The van der Waals surface area contributed by atoms with E-state index in [9.17, 15) is 18.0 Å². The molecular weight excluding hydrogens is 581 g/mol. The molecule has 0 aliphatic heterocycles. The van der Waals surface area contributed by atoms with Gasteiger partial charge >= 0.3 is 0 Å². The molecule has 2 amide bonds. The first-order valence-electron chi connectivity index (χ1n) is 12.4. The molecule has 208 valence electrons. The maximum atomic E-state index is 14.0. The highest BCUT2D eigenvalue weighted by molar-refractivity contribution is 7.92. The van der Waals surface area contributed by atoms with Gasteiger partial charge in [-0.1, -0.05) is 79.0 Å². The number of sulfonamides is 1. The molecule has 0 fully saturated rings. The minimum atomic E-state index is -4.17. The van der Waals surface area contributed by atoms with E-state index in [1.807, 2.05) is 6.92 Å². The third-order valence-corrected chi connectivity index (χ3v) is 8.61. The van der Waals surface area contributed by atoms with Crippen LogP contribution in [0.4, 0.5) is 5.69 Å². The summed E-state index contributed by atoms with van der Waals surface area (Å²) in [5.41, 5.74) is 0.782. The van der Waals surface area contributed by atoms with Crippen LogP contribution < -0.4 is 9.62 Å². The maximum Gasteiger partial charge on any atom is 0.264 e. The number of hydrogen-bond donors (Lipinski definition) is 1. The molecular formula is C28H30Cl3N3O4S. The molecule has 39 heavy (non-hydrogen) atoms. The van der Waals surface area contributed by atoms with Gasteiger partial charge in [0.2, 0.25) is 11.8 Å². The Morgan fingerprint density at radius 1 is 0.897 bits per heavy atom. The first-order valence-corrected chi connectivity index (χ1v) is 15.0. The molecule has 0 unspecified atom stereocenters. The van der Waals surface area contributed by atoms with Gasteiger partial charge < -0.3 is 10.2 Å². The van der Waals surface area contributed by atoms with Gasteiger partial charge in [0, 0.05) is 28.2 Å². The number of carbonyl (C=O) groups is 2. The Kier molecular flexibility index (Phi) is 11.1. The minimum Gasteiger partial charge on any atom is -0.354 e. The molecule has 0 spiro atoms. The highest BCUT2D eigenvalue weighted by atomic mass is 35.5. The number of nitrogens with zero attached hydrogens (tertiary/aromatic N) is 2. The van der Waals surface area contributed by atoms with Crippen LogP contribution >= 0.6 is 34.8 Å². The van der Waals surface area contributed by atoms with Crippen LogP contribution in [0, 0.1) is 0 Å². The molecule has 0 aliphatic rings. The van der Waals surface area contributed by atoms with Crippen LogP contribution in [0.3, 0.4) is 0 Å². The molecule has 11 heteroatoms. The van der Waals surface area contributed by atoms with Crippen LogP contribution in [0.2, 0.25) is 15.1 Å². The van der Waals surface area contributed by atoms with Crippen LogP contribution in [0.5, 0.6) is 0 Å². The molecule has 1 atom stereocenters. The summed E-state index contributed by atoms with van der Waals surface area (Å²) in [6.45, 7) is 3.56. The number of nitrogens with one attached hydrogen (secondary N) is 1. The van der Waals surface area contributed by atoms with E-state index in [-0.39, 0.29) is 23.0 Å². The summed E-state index contributed by atoms with van der Waals surface area (Å²) in [5.74, 6) is -0.919. The average molecular weight is 611 g/mol. The van der Waals surface area contributed by atoms with E-state index in [2.05, 4.69) is 5.32 Å². The van der Waals surface area contributed by atoms with Crippen molar-refractivity contribution in [3.63, 3.8) is 0 Å². The number of halogens is 3. The normalized spacial score (nSPS) is 12.0. The lowest BCUT2D eigenvalue weighted by atomic mass is 10.1. The zero-order valence-corrected chi connectivity index (χ0v) is 24.7. The van der Waals surface area contributed by atoms with Gasteiger partial charge in [-0.15, -0.1) is 0 Å². The summed E-state index contributed by atoms with van der Waals surface area (Å²) < 4.78 is 28.5. The Morgan fingerprint density at radius 2 is 1.59 bits per heavy atom. The minimum absolute atomic E-state index is 0.0119. The summed E-state index contributed by atoms with van der Waals surface area (Å²) in [5, 5.41) is 3.90. The highest BCUT2D eigenvalue weighted by Crippen LogP contribution is 2.28. The molecule has 3 aromatic rings. The second-order valence-corrected chi connectivity index (χ2v) is 11.9. The summed E-state index contributed by atoms with van der Waals surface area (Å²) in [6, 6.07) is 18.1. The molecule has 0 radical (unpaired) electrons. The van der Waals surface area contributed by atoms with Crippen molar-refractivity contribution in [2.45, 2.75) is 44.2 Å². The van der Waals surface area contributed by atoms with Gasteiger partial charge in [0.05, 0.1) is 10.6 Å². The Labute approximate surface area is 244 Å². The van der Waals surface area contributed by atoms with Crippen molar-refractivity contribution >= 4 is 62.3 Å². The molecule has 0 saturated carbocycles. The smallest absolute Gasteiger partial charge is 0.264 e. The molecule has 0 saturated heterocycles. The number of benzene rings is 3. The Hall–Kier alpha value is -2.78. The quantitative estimate of drug-likeness (QED) is 0.266. The van der Waals surface area contributed by atoms with Gasteiger partial charge in [-0.2, -0.15) is 0 Å². The average Bonchev–Trinajstić information content (AvgIpc) is 2.91. The van der Waals surface area contributed by atoms with Crippen LogP contribution in [0.15, 0.2) is 77.7 Å². The van der Waals surface area contributed by atoms with Crippen molar-refractivity contribution in [3.05, 3.63) is 93.4 Å². The van der Waals surface area contributed by atoms with E-state index in [0.29, 0.717) is 33.6 Å². The lowest BCUT2D eigenvalue weighted by molar-refractivity contribution is -0.140. The van der Waals surface area contributed by atoms with Gasteiger partial charge in [0.25, 0.3) is 10.0 Å². The predicted molar refractivity (Wildman–Crippen MR) is 157 cm³/mol. The first kappa shape index (κ1) is 30.8. The van der Waals surface area contributed by atoms with Crippen molar-refractivity contribution < 1.29 is 18.0 Å². The Bertz CT molecular complexity index is 1400. The zero-order chi connectivity index (χ0) is 28.6. The molecule has 7 nitrogen and oxygen atoms in total. The van der Waals surface area contributed by atoms with Crippen LogP contribution in [0.25, 0.3) is 0 Å². The molecule has 3 rings (SSSR count). The topological polar surface area (TPSA) is 86.8 Å². The number of amides is 2. The SMILES string of the molecule is CCCNC(=O)[C@H](CC)N(Cc1ccc(Cl)cc1Cl)C(=O)CN(c1cccc(Cl)c1)S(=O)(=O)c1ccccc1. The van der Waals surface area contributed by atoms with E-state index < -0.39 is 28.5 Å². The molecule has 3 aromatic carbocycles. The van der Waals surface area contributed by atoms with Crippen LogP contribution in [-0.2, 0) is 26.2 Å². The summed E-state index contributed by atoms with van der Waals surface area (Å²) in [6.07, 6.45) is 1.02. The second kappa shape index (κ2) is 14.0. The summed E-state index contributed by atoms with van der Waals surface area (Å²) in [4.78, 5) is 28.5. The van der Waals surface area contributed by atoms with Gasteiger partial charge in [0.1, 0.15) is 12.6 Å². The number of hydrogen-bond acceptors (Lipinski definition) is 4. The number of rotatable bonds is 12. The Balaban J connectivity index is 2.06. The van der Waals surface area contributed by atoms with Crippen molar-refractivity contribution in [2.75, 3.05) is 17.4 Å². The summed E-state index contributed by atoms with van der Waals surface area (Å²) in [7, 11) is -4.17. The van der Waals surface area contributed by atoms with Crippen molar-refractivity contribution in [1.82, 2.24) is 10.2 Å². The molecule has 0 aromatic heterocycles.